The van der Waals surface area contributed by atoms with E-state index in [9.17, 15) is 14.7 Å². The highest BCUT2D eigenvalue weighted by molar-refractivity contribution is 5.90. The summed E-state index contributed by atoms with van der Waals surface area (Å²) in [4.78, 5) is 24.0. The molecule has 1 aromatic heterocycles. The zero-order valence-electron chi connectivity index (χ0n) is 19.3. The molecule has 8 heteroatoms. The molecule has 1 aliphatic carbocycles. The average molecular weight is 464 g/mol. The molecule has 3 N–H and O–H groups in total. The fourth-order valence-corrected chi connectivity index (χ4v) is 3.77. The smallest absolute Gasteiger partial charge is 0.412 e. The fraction of sp³-hybridized carbons (Fsp3) is 0.346. The first-order valence-electron chi connectivity index (χ1n) is 11.4. The van der Waals surface area contributed by atoms with Crippen molar-refractivity contribution in [3.05, 3.63) is 71.4 Å². The van der Waals surface area contributed by atoms with Gasteiger partial charge in [0.1, 0.15) is 23.5 Å². The number of aryl methyl sites for hydroxylation is 1. The predicted molar refractivity (Wildman–Crippen MR) is 127 cm³/mol. The maximum Gasteiger partial charge on any atom is 0.412 e. The maximum absolute atomic E-state index is 12.5. The topological polar surface area (TPSA) is 114 Å². The summed E-state index contributed by atoms with van der Waals surface area (Å²) in [5, 5.41) is 19.3. The van der Waals surface area contributed by atoms with E-state index in [1.165, 1.54) is 0 Å². The van der Waals surface area contributed by atoms with Crippen LogP contribution in [0.4, 0.5) is 10.5 Å². The van der Waals surface area contributed by atoms with Crippen molar-refractivity contribution in [1.82, 2.24) is 10.5 Å². The Hall–Kier alpha value is -3.65. The van der Waals surface area contributed by atoms with Crippen molar-refractivity contribution < 1.29 is 24.0 Å². The van der Waals surface area contributed by atoms with Crippen LogP contribution in [-0.2, 0) is 16.1 Å². The first kappa shape index (κ1) is 23.5. The third-order valence-corrected chi connectivity index (χ3v) is 5.98. The van der Waals surface area contributed by atoms with Crippen LogP contribution >= 0.6 is 0 Å². The van der Waals surface area contributed by atoms with Gasteiger partial charge in [0.25, 0.3) is 0 Å². The minimum Gasteiger partial charge on any atom is -0.480 e. The van der Waals surface area contributed by atoms with E-state index >= 15 is 0 Å². The second kappa shape index (κ2) is 10.5. The van der Waals surface area contributed by atoms with Crippen molar-refractivity contribution in [3.8, 4) is 11.3 Å². The third-order valence-electron chi connectivity index (χ3n) is 5.98. The average Bonchev–Trinajstić information content (AvgIpc) is 3.59. The molecule has 178 valence electrons. The van der Waals surface area contributed by atoms with Gasteiger partial charge in [0, 0.05) is 12.1 Å². The SMILES string of the molecule is Cc1noc(-c2ccc(CN[C@H](CC3CC3)C(=O)O)cc2)c1NC(=O)O[C@H](C)c1ccccc1. The summed E-state index contributed by atoms with van der Waals surface area (Å²) >= 11 is 0. The normalized spacial score (nSPS) is 14.9. The summed E-state index contributed by atoms with van der Waals surface area (Å²) < 4.78 is 11.0. The van der Waals surface area contributed by atoms with Crippen LogP contribution in [0.1, 0.15) is 49.1 Å². The monoisotopic (exact) mass is 463 g/mol. The molecule has 4 rings (SSSR count). The number of aliphatic carboxylic acids is 1. The van der Waals surface area contributed by atoms with Crippen LogP contribution in [0.25, 0.3) is 11.3 Å². The molecule has 2 aromatic carbocycles. The number of anilines is 1. The number of nitrogens with zero attached hydrogens (tertiary/aromatic N) is 1. The Morgan fingerprint density at radius 1 is 1.15 bits per heavy atom. The van der Waals surface area contributed by atoms with Crippen LogP contribution in [0.3, 0.4) is 0 Å². The molecular weight excluding hydrogens is 434 g/mol. The number of aromatic nitrogens is 1. The number of nitrogens with one attached hydrogen (secondary N) is 2. The van der Waals surface area contributed by atoms with Gasteiger partial charge in [-0.1, -0.05) is 72.6 Å². The second-order valence-corrected chi connectivity index (χ2v) is 8.70. The molecule has 3 aromatic rings. The summed E-state index contributed by atoms with van der Waals surface area (Å²) in [5.41, 5.74) is 3.57. The Labute approximate surface area is 198 Å². The molecule has 1 heterocycles. The molecular formula is C26H29N3O5. The lowest BCUT2D eigenvalue weighted by Gasteiger charge is -2.15. The van der Waals surface area contributed by atoms with Crippen molar-refractivity contribution in [1.29, 1.82) is 0 Å². The zero-order chi connectivity index (χ0) is 24.1. The second-order valence-electron chi connectivity index (χ2n) is 8.70. The van der Waals surface area contributed by atoms with Crippen LogP contribution < -0.4 is 10.6 Å². The van der Waals surface area contributed by atoms with Crippen molar-refractivity contribution in [3.63, 3.8) is 0 Å². The quantitative estimate of drug-likeness (QED) is 0.374. The number of benzene rings is 2. The molecule has 8 nitrogen and oxygen atoms in total. The largest absolute Gasteiger partial charge is 0.480 e. The third kappa shape index (κ3) is 6.02. The molecule has 1 saturated carbocycles. The van der Waals surface area contributed by atoms with E-state index in [1.54, 1.807) is 6.92 Å². The first-order valence-corrected chi connectivity index (χ1v) is 11.4. The number of carbonyl (C=O) groups excluding carboxylic acids is 1. The van der Waals surface area contributed by atoms with Crippen molar-refractivity contribution in [2.75, 3.05) is 5.32 Å². The molecule has 1 amide bonds. The lowest BCUT2D eigenvalue weighted by atomic mass is 10.1. The van der Waals surface area contributed by atoms with Crippen molar-refractivity contribution >= 4 is 17.7 Å². The minimum absolute atomic E-state index is 0.411. The molecule has 34 heavy (non-hydrogen) atoms. The highest BCUT2D eigenvalue weighted by Crippen LogP contribution is 2.34. The summed E-state index contributed by atoms with van der Waals surface area (Å²) in [5.74, 6) is 0.141. The molecule has 0 bridgehead atoms. The van der Waals surface area contributed by atoms with Gasteiger partial charge in [-0.2, -0.15) is 0 Å². The Morgan fingerprint density at radius 2 is 1.85 bits per heavy atom. The van der Waals surface area contributed by atoms with Gasteiger partial charge in [-0.25, -0.2) is 4.79 Å². The van der Waals surface area contributed by atoms with Crippen molar-refractivity contribution in [2.45, 2.75) is 51.8 Å². The van der Waals surface area contributed by atoms with Gasteiger partial charge in [-0.15, -0.1) is 0 Å². The summed E-state index contributed by atoms with van der Waals surface area (Å²) in [7, 11) is 0. The van der Waals surface area contributed by atoms with E-state index in [1.807, 2.05) is 61.5 Å². The molecule has 0 saturated heterocycles. The molecule has 1 aliphatic rings. The Balaban J connectivity index is 1.39. The summed E-state index contributed by atoms with van der Waals surface area (Å²) in [6.45, 7) is 4.00. The summed E-state index contributed by atoms with van der Waals surface area (Å²) in [6.07, 6.45) is 1.89. The highest BCUT2D eigenvalue weighted by atomic mass is 16.6. The van der Waals surface area contributed by atoms with Gasteiger partial charge in [0.15, 0.2) is 5.76 Å². The molecule has 1 fully saturated rings. The van der Waals surface area contributed by atoms with E-state index in [0.29, 0.717) is 36.0 Å². The van der Waals surface area contributed by atoms with Crippen molar-refractivity contribution in [2.24, 2.45) is 5.92 Å². The Morgan fingerprint density at radius 3 is 2.50 bits per heavy atom. The lowest BCUT2D eigenvalue weighted by Crippen LogP contribution is -2.36. The van der Waals surface area contributed by atoms with Gasteiger partial charge in [0.2, 0.25) is 0 Å². The maximum atomic E-state index is 12.5. The molecule has 0 aliphatic heterocycles. The minimum atomic E-state index is -0.815. The number of amides is 1. The zero-order valence-corrected chi connectivity index (χ0v) is 19.3. The van der Waals surface area contributed by atoms with Crippen LogP contribution in [0.5, 0.6) is 0 Å². The van der Waals surface area contributed by atoms with Crippen LogP contribution in [-0.4, -0.2) is 28.4 Å². The highest BCUT2D eigenvalue weighted by Gasteiger charge is 2.28. The van der Waals surface area contributed by atoms with Gasteiger partial charge in [-0.3, -0.25) is 10.1 Å². The van der Waals surface area contributed by atoms with Crippen LogP contribution in [0.15, 0.2) is 59.1 Å². The summed E-state index contributed by atoms with van der Waals surface area (Å²) in [6, 6.07) is 16.5. The van der Waals surface area contributed by atoms with Crippen LogP contribution in [0, 0.1) is 12.8 Å². The number of hydrogen-bond acceptors (Lipinski definition) is 6. The number of carbonyl (C=O) groups is 2. The van der Waals surface area contributed by atoms with Crippen LogP contribution in [0.2, 0.25) is 0 Å². The van der Waals surface area contributed by atoms with E-state index in [4.69, 9.17) is 9.26 Å². The van der Waals surface area contributed by atoms with E-state index in [2.05, 4.69) is 15.8 Å². The molecule has 2 atom stereocenters. The Kier molecular flexibility index (Phi) is 7.27. The molecule has 0 unspecified atom stereocenters. The van der Waals surface area contributed by atoms with E-state index < -0.39 is 24.2 Å². The van der Waals surface area contributed by atoms with E-state index in [-0.39, 0.29) is 0 Å². The lowest BCUT2D eigenvalue weighted by molar-refractivity contribution is -0.139. The first-order chi connectivity index (χ1) is 16.4. The number of carboxylic acids is 1. The number of hydrogen-bond donors (Lipinski definition) is 3. The number of carboxylic acid groups (broad SMARTS) is 1. The van der Waals surface area contributed by atoms with Gasteiger partial charge < -0.3 is 19.7 Å². The van der Waals surface area contributed by atoms with E-state index in [0.717, 1.165) is 29.5 Å². The molecule has 0 spiro atoms. The predicted octanol–water partition coefficient (Wildman–Crippen LogP) is 5.30. The van der Waals surface area contributed by atoms with Gasteiger partial charge in [-0.05, 0) is 37.3 Å². The fourth-order valence-electron chi connectivity index (χ4n) is 3.77. The Bertz CT molecular complexity index is 1120. The van der Waals surface area contributed by atoms with Gasteiger partial charge in [0.05, 0.1) is 0 Å². The number of rotatable bonds is 10. The number of ether oxygens (including phenoxy) is 1. The van der Waals surface area contributed by atoms with Gasteiger partial charge >= 0.3 is 12.1 Å². The molecule has 0 radical (unpaired) electrons. The standard InChI is InChI=1S/C26H29N3O5/c1-16-23(28-26(32)33-17(2)20-6-4-3-5-7-20)24(34-29-16)21-12-10-19(11-13-21)15-27-22(25(30)31)14-18-8-9-18/h3-7,10-13,17-18,22,27H,8-9,14-15H2,1-2H3,(H,28,32)(H,30,31)/t17-,22-/m1/s1.